The Hall–Kier alpha value is -2.16. The van der Waals surface area contributed by atoms with Crippen LogP contribution < -0.4 is 0 Å². The SMILES string of the molecule is O=Cc1cn(-c2ccccc2)nc1-c1ccccc1[C]1[CH][CH][CH][CH]1.[CH]1[CH][CH][CH][CH]1.[Fe+2]. The summed E-state index contributed by atoms with van der Waals surface area (Å²) in [4.78, 5) is 11.6. The van der Waals surface area contributed by atoms with E-state index in [-0.39, 0.29) is 17.1 Å². The molecule has 4 heteroatoms. The van der Waals surface area contributed by atoms with Gasteiger partial charge in [0.25, 0.3) is 0 Å². The molecule has 0 spiro atoms. The zero-order valence-corrected chi connectivity index (χ0v) is 17.3. The van der Waals surface area contributed by atoms with Crippen molar-refractivity contribution in [2.45, 2.75) is 0 Å². The van der Waals surface area contributed by atoms with Gasteiger partial charge in [0.2, 0.25) is 0 Å². The summed E-state index contributed by atoms with van der Waals surface area (Å²) in [6.07, 6.45) is 20.8. The number of carbonyl (C=O) groups excluding carboxylic acids is 1. The average molecular weight is 432 g/mol. The third kappa shape index (κ3) is 5.30. The van der Waals surface area contributed by atoms with Crippen molar-refractivity contribution in [2.24, 2.45) is 0 Å². The van der Waals surface area contributed by atoms with Crippen molar-refractivity contribution in [3.63, 3.8) is 0 Å². The molecule has 2 aliphatic rings. The van der Waals surface area contributed by atoms with E-state index in [1.165, 1.54) is 0 Å². The molecule has 0 aliphatic heterocycles. The molecule has 0 bridgehead atoms. The first-order chi connectivity index (χ1) is 14.4. The van der Waals surface area contributed by atoms with Crippen molar-refractivity contribution in [1.82, 2.24) is 9.78 Å². The van der Waals surface area contributed by atoms with Gasteiger partial charge in [0, 0.05) is 17.7 Å². The van der Waals surface area contributed by atoms with E-state index in [0.717, 1.165) is 29.0 Å². The minimum atomic E-state index is 0. The van der Waals surface area contributed by atoms with E-state index < -0.39 is 0 Å². The second-order valence-corrected chi connectivity index (χ2v) is 6.51. The van der Waals surface area contributed by atoms with Gasteiger partial charge < -0.3 is 0 Å². The van der Waals surface area contributed by atoms with E-state index in [9.17, 15) is 4.79 Å². The first-order valence-corrected chi connectivity index (χ1v) is 9.45. The molecule has 1 aromatic heterocycles. The zero-order valence-electron chi connectivity index (χ0n) is 16.2. The maximum atomic E-state index is 11.6. The number of aromatic nitrogens is 2. The second-order valence-electron chi connectivity index (χ2n) is 6.51. The molecule has 2 aliphatic carbocycles. The fourth-order valence-electron chi connectivity index (χ4n) is 3.21. The van der Waals surface area contributed by atoms with Gasteiger partial charge in [0.05, 0.1) is 11.3 Å². The van der Waals surface area contributed by atoms with E-state index in [2.05, 4.69) is 24.0 Å². The molecule has 10 radical (unpaired) electrons. The molecular formula is C26H20FeN2O+2. The smallest absolute Gasteiger partial charge is 0.298 e. The maximum Gasteiger partial charge on any atom is 2.00 e. The second kappa shape index (κ2) is 11.3. The summed E-state index contributed by atoms with van der Waals surface area (Å²) < 4.78 is 1.75. The largest absolute Gasteiger partial charge is 2.00 e. The molecule has 5 rings (SSSR count). The summed E-state index contributed by atoms with van der Waals surface area (Å²) in [5.74, 6) is 1.12. The van der Waals surface area contributed by atoms with E-state index in [4.69, 9.17) is 0 Å². The molecule has 30 heavy (non-hydrogen) atoms. The van der Waals surface area contributed by atoms with Crippen LogP contribution in [0.4, 0.5) is 0 Å². The normalized spacial score (nSPS) is 15.9. The Balaban J connectivity index is 0.000000376. The molecule has 3 nitrogen and oxygen atoms in total. The van der Waals surface area contributed by atoms with Crippen LogP contribution in [0.3, 0.4) is 0 Å². The molecule has 0 N–H and O–H groups in total. The van der Waals surface area contributed by atoms with Gasteiger partial charge in [-0.15, -0.1) is 0 Å². The number of benzene rings is 2. The van der Waals surface area contributed by atoms with Crippen LogP contribution in [0.15, 0.2) is 60.8 Å². The van der Waals surface area contributed by atoms with Crippen molar-refractivity contribution in [3.05, 3.63) is 136 Å². The quantitative estimate of drug-likeness (QED) is 0.424. The summed E-state index contributed by atoms with van der Waals surface area (Å²) in [5.41, 5.74) is 4.24. The van der Waals surface area contributed by atoms with Crippen molar-refractivity contribution in [1.29, 1.82) is 0 Å². The van der Waals surface area contributed by atoms with Gasteiger partial charge in [-0.25, -0.2) is 4.68 Å². The third-order valence-electron chi connectivity index (χ3n) is 4.60. The number of nitrogens with zero attached hydrogens (tertiary/aromatic N) is 2. The number of hydrogen-bond acceptors (Lipinski definition) is 2. The predicted octanol–water partition coefficient (Wildman–Crippen LogP) is 5.12. The van der Waals surface area contributed by atoms with Crippen LogP contribution in [0, 0.1) is 63.7 Å². The Morgan fingerprint density at radius 2 is 1.27 bits per heavy atom. The van der Waals surface area contributed by atoms with E-state index in [1.54, 1.807) is 10.9 Å². The summed E-state index contributed by atoms with van der Waals surface area (Å²) in [6.45, 7) is 0. The van der Waals surface area contributed by atoms with Crippen LogP contribution in [-0.2, 0) is 17.1 Å². The number of rotatable bonds is 4. The number of carbonyl (C=O) groups is 1. The molecule has 0 atom stereocenters. The van der Waals surface area contributed by atoms with Crippen molar-refractivity contribution in [3.8, 4) is 16.9 Å². The standard InChI is InChI=1S/C21H15N2O.C5H5.Fe/c24-15-17-14-23(18-10-2-1-3-11-18)22-21(17)20-13-7-6-12-19(20)16-8-4-5-9-16;1-2-4-5-3-1;/h1-15H;1-5H;/q;;+2. The Labute approximate surface area is 190 Å². The fraction of sp³-hybridized carbons (Fsp3) is 0. The van der Waals surface area contributed by atoms with Gasteiger partial charge in [0.1, 0.15) is 5.69 Å². The minimum absolute atomic E-state index is 0. The summed E-state index contributed by atoms with van der Waals surface area (Å²) >= 11 is 0. The van der Waals surface area contributed by atoms with Gasteiger partial charge in [-0.05, 0) is 75.5 Å². The maximum absolute atomic E-state index is 11.6. The molecule has 1 heterocycles. The molecule has 2 fully saturated rings. The Bertz CT molecular complexity index is 918. The van der Waals surface area contributed by atoms with Crippen LogP contribution in [0.5, 0.6) is 0 Å². The molecule has 0 amide bonds. The van der Waals surface area contributed by atoms with Crippen molar-refractivity contribution >= 4 is 6.29 Å². The van der Waals surface area contributed by atoms with Crippen LogP contribution in [0.25, 0.3) is 16.9 Å². The molecule has 2 saturated carbocycles. The molecule has 0 unspecified atom stereocenters. The van der Waals surface area contributed by atoms with Gasteiger partial charge in [0.15, 0.2) is 6.29 Å². The Morgan fingerprint density at radius 3 is 1.87 bits per heavy atom. The van der Waals surface area contributed by atoms with Gasteiger partial charge in [-0.1, -0.05) is 42.5 Å². The van der Waals surface area contributed by atoms with Crippen molar-refractivity contribution < 1.29 is 21.9 Å². The number of para-hydroxylation sites is 1. The summed E-state index contributed by atoms with van der Waals surface area (Å²) in [5, 5.41) is 4.68. The minimum Gasteiger partial charge on any atom is -0.298 e. The van der Waals surface area contributed by atoms with Gasteiger partial charge >= 0.3 is 17.1 Å². The topological polar surface area (TPSA) is 34.9 Å². The molecule has 3 aromatic rings. The Kier molecular flexibility index (Phi) is 8.48. The third-order valence-corrected chi connectivity index (χ3v) is 4.60. The molecule has 2 aromatic carbocycles. The van der Waals surface area contributed by atoms with E-state index in [0.29, 0.717) is 11.3 Å². The summed E-state index contributed by atoms with van der Waals surface area (Å²) in [6, 6.07) is 17.8. The molecule has 146 valence electrons. The van der Waals surface area contributed by atoms with Gasteiger partial charge in [-0.3, -0.25) is 4.79 Å². The number of aldehydes is 1. The van der Waals surface area contributed by atoms with E-state index in [1.807, 2.05) is 93.5 Å². The average Bonchev–Trinajstić information content (AvgIpc) is 3.57. The molecule has 0 saturated heterocycles. The van der Waals surface area contributed by atoms with E-state index >= 15 is 0 Å². The Morgan fingerprint density at radius 1 is 0.700 bits per heavy atom. The van der Waals surface area contributed by atoms with Crippen LogP contribution in [0.2, 0.25) is 0 Å². The fourth-order valence-corrected chi connectivity index (χ4v) is 3.21. The van der Waals surface area contributed by atoms with Gasteiger partial charge in [-0.2, -0.15) is 5.10 Å². The van der Waals surface area contributed by atoms with Crippen LogP contribution >= 0.6 is 0 Å². The van der Waals surface area contributed by atoms with Crippen LogP contribution in [-0.4, -0.2) is 16.1 Å². The van der Waals surface area contributed by atoms with Crippen LogP contribution in [0.1, 0.15) is 15.9 Å². The summed E-state index contributed by atoms with van der Waals surface area (Å²) in [7, 11) is 0. The first kappa shape index (κ1) is 22.5. The molecular weight excluding hydrogens is 412 g/mol. The van der Waals surface area contributed by atoms with Crippen molar-refractivity contribution in [2.75, 3.05) is 0 Å². The predicted molar refractivity (Wildman–Crippen MR) is 115 cm³/mol. The number of hydrogen-bond donors (Lipinski definition) is 0. The first-order valence-electron chi connectivity index (χ1n) is 9.45. The monoisotopic (exact) mass is 432 g/mol. The zero-order chi connectivity index (χ0) is 19.9.